The molecule has 0 aliphatic carbocycles. The third-order valence-electron chi connectivity index (χ3n) is 5.33. The number of anilines is 1. The summed E-state index contributed by atoms with van der Waals surface area (Å²) in [6, 6.07) is 4.74. The molecule has 0 radical (unpaired) electrons. The maximum Gasteiger partial charge on any atom is 0.338 e. The van der Waals surface area contributed by atoms with Crippen molar-refractivity contribution in [2.24, 2.45) is 0 Å². The molecule has 10 heteroatoms. The van der Waals surface area contributed by atoms with Crippen LogP contribution in [0.4, 0.5) is 5.95 Å². The van der Waals surface area contributed by atoms with Gasteiger partial charge in [-0.05, 0) is 52.3 Å². The second-order valence-electron chi connectivity index (χ2n) is 7.81. The number of ether oxygens (including phenoxy) is 3. The number of carbonyl (C=O) groups excluding carboxylic acids is 2. The number of nitrogens with zero attached hydrogens (tertiary/aromatic N) is 4. The molecule has 33 heavy (non-hydrogen) atoms. The quantitative estimate of drug-likeness (QED) is 0.573. The highest BCUT2D eigenvalue weighted by Gasteiger charge is 2.35. The van der Waals surface area contributed by atoms with Gasteiger partial charge in [-0.15, -0.1) is 0 Å². The Balaban J connectivity index is 1.95. The Morgan fingerprint density at radius 2 is 1.94 bits per heavy atom. The molecule has 1 N–H and O–H groups in total. The van der Waals surface area contributed by atoms with Crippen molar-refractivity contribution in [2.75, 3.05) is 32.1 Å². The summed E-state index contributed by atoms with van der Waals surface area (Å²) >= 11 is 0. The third-order valence-corrected chi connectivity index (χ3v) is 5.33. The molecule has 1 aliphatic rings. The number of hydrogen-bond acceptors (Lipinski definition) is 8. The molecule has 1 atom stereocenters. The van der Waals surface area contributed by atoms with Crippen molar-refractivity contribution in [3.8, 4) is 11.5 Å². The minimum Gasteiger partial charge on any atom is -0.493 e. The van der Waals surface area contributed by atoms with Crippen molar-refractivity contribution in [2.45, 2.75) is 46.8 Å². The van der Waals surface area contributed by atoms with Crippen molar-refractivity contribution in [1.82, 2.24) is 19.7 Å². The average Bonchev–Trinajstić information content (AvgIpc) is 3.24. The van der Waals surface area contributed by atoms with E-state index in [4.69, 9.17) is 14.2 Å². The zero-order valence-corrected chi connectivity index (χ0v) is 19.9. The highest BCUT2D eigenvalue weighted by atomic mass is 16.5. The lowest BCUT2D eigenvalue weighted by atomic mass is 9.95. The minimum absolute atomic E-state index is 0.0943. The monoisotopic (exact) mass is 457 g/mol. The fourth-order valence-electron chi connectivity index (χ4n) is 3.72. The van der Waals surface area contributed by atoms with Crippen molar-refractivity contribution in [3.05, 3.63) is 41.4 Å². The molecule has 178 valence electrons. The molecule has 1 aromatic heterocycles. The molecule has 0 saturated carbocycles. The van der Waals surface area contributed by atoms with E-state index in [1.54, 1.807) is 42.5 Å². The fourth-order valence-corrected chi connectivity index (χ4v) is 3.72. The molecule has 0 bridgehead atoms. The smallest absolute Gasteiger partial charge is 0.338 e. The van der Waals surface area contributed by atoms with Gasteiger partial charge < -0.3 is 24.4 Å². The average molecular weight is 458 g/mol. The zero-order valence-electron chi connectivity index (χ0n) is 19.9. The lowest BCUT2D eigenvalue weighted by Crippen LogP contribution is -2.34. The number of carbonyl (C=O) groups is 2. The SMILES string of the molecule is CCN(CC)C(=O)COc1ccc(C2C(C(=O)OC(C)C)=C(C)Nc3ncnn32)cc1OC. The lowest BCUT2D eigenvalue weighted by Gasteiger charge is -2.29. The van der Waals surface area contributed by atoms with Gasteiger partial charge in [-0.3, -0.25) is 4.79 Å². The molecule has 2 heterocycles. The number of fused-ring (bicyclic) bond motifs is 1. The summed E-state index contributed by atoms with van der Waals surface area (Å²) in [6.07, 6.45) is 1.15. The molecule has 0 spiro atoms. The van der Waals surface area contributed by atoms with Crippen LogP contribution >= 0.6 is 0 Å². The first-order valence-corrected chi connectivity index (χ1v) is 11.0. The van der Waals surface area contributed by atoms with E-state index in [2.05, 4.69) is 15.4 Å². The maximum absolute atomic E-state index is 13.0. The van der Waals surface area contributed by atoms with Gasteiger partial charge >= 0.3 is 5.97 Å². The van der Waals surface area contributed by atoms with Crippen LogP contribution in [0.2, 0.25) is 0 Å². The second kappa shape index (κ2) is 10.4. The summed E-state index contributed by atoms with van der Waals surface area (Å²) in [4.78, 5) is 31.2. The van der Waals surface area contributed by atoms with Gasteiger partial charge in [0, 0.05) is 18.8 Å². The van der Waals surface area contributed by atoms with Crippen LogP contribution in [0.5, 0.6) is 11.5 Å². The molecule has 1 unspecified atom stereocenters. The Morgan fingerprint density at radius 3 is 2.58 bits per heavy atom. The molecule has 2 aromatic rings. The first-order chi connectivity index (χ1) is 15.8. The van der Waals surface area contributed by atoms with Crippen LogP contribution in [0.15, 0.2) is 35.8 Å². The van der Waals surface area contributed by atoms with E-state index in [0.717, 1.165) is 5.56 Å². The topological polar surface area (TPSA) is 108 Å². The van der Waals surface area contributed by atoms with Gasteiger partial charge in [0.25, 0.3) is 5.91 Å². The number of nitrogens with one attached hydrogen (secondary N) is 1. The number of benzene rings is 1. The van der Waals surface area contributed by atoms with Crippen LogP contribution in [-0.4, -0.2) is 64.5 Å². The molecule has 0 saturated heterocycles. The van der Waals surface area contributed by atoms with E-state index in [-0.39, 0.29) is 18.6 Å². The predicted octanol–water partition coefficient (Wildman–Crippen LogP) is 2.77. The van der Waals surface area contributed by atoms with Gasteiger partial charge in [0.1, 0.15) is 12.4 Å². The number of likely N-dealkylation sites (N-methyl/N-ethyl adjacent to an activating group) is 1. The molecule has 0 fully saturated rings. The summed E-state index contributed by atoms with van der Waals surface area (Å²) in [5.74, 6) is 0.845. The lowest BCUT2D eigenvalue weighted by molar-refractivity contribution is -0.143. The van der Waals surface area contributed by atoms with E-state index in [9.17, 15) is 9.59 Å². The summed E-state index contributed by atoms with van der Waals surface area (Å²) in [6.45, 7) is 10.4. The number of aromatic nitrogens is 3. The van der Waals surface area contributed by atoms with Gasteiger partial charge in [0.15, 0.2) is 18.1 Å². The number of hydrogen-bond donors (Lipinski definition) is 1. The number of esters is 1. The number of rotatable bonds is 9. The van der Waals surface area contributed by atoms with Gasteiger partial charge in [-0.25, -0.2) is 9.48 Å². The van der Waals surface area contributed by atoms with E-state index in [1.165, 1.54) is 13.4 Å². The summed E-state index contributed by atoms with van der Waals surface area (Å²) in [5, 5.41) is 7.42. The second-order valence-corrected chi connectivity index (χ2v) is 7.81. The normalized spacial score (nSPS) is 15.1. The fraction of sp³-hybridized carbons (Fsp3) is 0.478. The van der Waals surface area contributed by atoms with E-state index in [1.807, 2.05) is 19.9 Å². The van der Waals surface area contributed by atoms with Crippen molar-refractivity contribution in [1.29, 1.82) is 0 Å². The Labute approximate surface area is 193 Å². The Morgan fingerprint density at radius 1 is 1.21 bits per heavy atom. The number of amides is 1. The zero-order chi connectivity index (χ0) is 24.1. The van der Waals surface area contributed by atoms with E-state index < -0.39 is 12.0 Å². The summed E-state index contributed by atoms with van der Waals surface area (Å²) in [7, 11) is 1.52. The third kappa shape index (κ3) is 5.10. The standard InChI is InChI=1S/C23H31N5O5/c1-7-27(8-2)19(29)12-32-17-10-9-16(11-18(17)31-6)21-20(22(30)33-14(3)4)15(5)26-23-24-13-25-28(21)23/h9-11,13-14,21H,7-8,12H2,1-6H3,(H,24,25,26). The van der Waals surface area contributed by atoms with Gasteiger partial charge in [-0.1, -0.05) is 6.07 Å². The molecule has 1 aromatic carbocycles. The van der Waals surface area contributed by atoms with Crippen molar-refractivity contribution in [3.63, 3.8) is 0 Å². The van der Waals surface area contributed by atoms with Crippen LogP contribution < -0.4 is 14.8 Å². The van der Waals surface area contributed by atoms with Crippen LogP contribution in [0, 0.1) is 0 Å². The number of allylic oxidation sites excluding steroid dienone is 1. The Hall–Kier alpha value is -3.56. The Kier molecular flexibility index (Phi) is 7.57. The molecule has 1 aliphatic heterocycles. The molecule has 1 amide bonds. The molecular formula is C23H31N5O5. The van der Waals surface area contributed by atoms with Gasteiger partial charge in [0.05, 0.1) is 18.8 Å². The highest BCUT2D eigenvalue weighted by molar-refractivity contribution is 5.92. The van der Waals surface area contributed by atoms with Crippen LogP contribution in [0.1, 0.15) is 46.2 Å². The molecule has 3 rings (SSSR count). The van der Waals surface area contributed by atoms with E-state index in [0.29, 0.717) is 41.8 Å². The van der Waals surface area contributed by atoms with E-state index >= 15 is 0 Å². The summed E-state index contributed by atoms with van der Waals surface area (Å²) < 4.78 is 18.4. The largest absolute Gasteiger partial charge is 0.493 e. The van der Waals surface area contributed by atoms with Crippen LogP contribution in [-0.2, 0) is 14.3 Å². The van der Waals surface area contributed by atoms with Crippen LogP contribution in [0.3, 0.4) is 0 Å². The first kappa shape index (κ1) is 24.1. The maximum atomic E-state index is 13.0. The highest BCUT2D eigenvalue weighted by Crippen LogP contribution is 2.39. The summed E-state index contributed by atoms with van der Waals surface area (Å²) in [5.41, 5.74) is 1.79. The molecule has 10 nitrogen and oxygen atoms in total. The van der Waals surface area contributed by atoms with Crippen molar-refractivity contribution < 1.29 is 23.8 Å². The van der Waals surface area contributed by atoms with Gasteiger partial charge in [0.2, 0.25) is 5.95 Å². The van der Waals surface area contributed by atoms with Crippen molar-refractivity contribution >= 4 is 17.8 Å². The van der Waals surface area contributed by atoms with Crippen LogP contribution in [0.25, 0.3) is 0 Å². The minimum atomic E-state index is -0.574. The molecular weight excluding hydrogens is 426 g/mol. The Bertz CT molecular complexity index is 1040. The predicted molar refractivity (Wildman–Crippen MR) is 122 cm³/mol. The number of methoxy groups -OCH3 is 1. The first-order valence-electron chi connectivity index (χ1n) is 11.0. The van der Waals surface area contributed by atoms with Gasteiger partial charge in [-0.2, -0.15) is 10.1 Å².